The van der Waals surface area contributed by atoms with E-state index < -0.39 is 5.90 Å². The molecule has 0 bridgehead atoms. The van der Waals surface area contributed by atoms with Gasteiger partial charge >= 0.3 is 5.13 Å². The van der Waals surface area contributed by atoms with E-state index in [1.165, 1.54) is 11.3 Å². The summed E-state index contributed by atoms with van der Waals surface area (Å²) in [6.07, 6.45) is 0.108. The van der Waals surface area contributed by atoms with Gasteiger partial charge in [-0.05, 0) is 58.7 Å². The Balaban J connectivity index is 0.00000363. The van der Waals surface area contributed by atoms with E-state index in [9.17, 15) is 5.11 Å². The molecule has 0 aliphatic heterocycles. The summed E-state index contributed by atoms with van der Waals surface area (Å²) in [4.78, 5) is 2.12. The van der Waals surface area contributed by atoms with Gasteiger partial charge in [0.05, 0.1) is 23.5 Å². The second-order valence-electron chi connectivity index (χ2n) is 6.62. The smallest absolute Gasteiger partial charge is 0.409 e. The second-order valence-corrected chi connectivity index (χ2v) is 8.39. The number of anilines is 1. The zero-order chi connectivity index (χ0) is 22.2. The van der Waals surface area contributed by atoms with Gasteiger partial charge in [0.2, 0.25) is 0 Å². The minimum Gasteiger partial charge on any atom is -0.862 e. The number of hydrogen-bond donors (Lipinski definition) is 1. The number of rotatable bonds is 11. The highest BCUT2D eigenvalue weighted by Gasteiger charge is 2.20. The van der Waals surface area contributed by atoms with E-state index >= 15 is 0 Å². The van der Waals surface area contributed by atoms with E-state index in [1.54, 1.807) is 7.11 Å². The lowest BCUT2D eigenvalue weighted by Crippen LogP contribution is -2.35. The van der Waals surface area contributed by atoms with Crippen LogP contribution < -0.4 is 19.3 Å². The molecule has 0 saturated heterocycles. The highest BCUT2D eigenvalue weighted by Crippen LogP contribution is 2.31. The molecule has 0 amide bonds. The first-order valence-electron chi connectivity index (χ1n) is 9.69. The van der Waals surface area contributed by atoms with Gasteiger partial charge in [-0.3, -0.25) is 0 Å². The zero-order valence-corrected chi connectivity index (χ0v) is 20.6. The predicted molar refractivity (Wildman–Crippen MR) is 132 cm³/mol. The monoisotopic (exact) mass is 515 g/mol. The molecular weight excluding hydrogens is 493 g/mol. The van der Waals surface area contributed by atoms with Crippen molar-refractivity contribution in [2.45, 2.75) is 13.0 Å². The van der Waals surface area contributed by atoms with E-state index in [0.717, 1.165) is 34.7 Å². The third-order valence-corrected chi connectivity index (χ3v) is 6.00. The van der Waals surface area contributed by atoms with Crippen molar-refractivity contribution in [3.8, 4) is 5.75 Å². The second kappa shape index (κ2) is 12.8. The summed E-state index contributed by atoms with van der Waals surface area (Å²) in [6, 6.07) is 13.4. The van der Waals surface area contributed by atoms with Crippen LogP contribution in [0.25, 0.3) is 10.2 Å². The number of nitrogens with one attached hydrogen (secondary N) is 1. The number of nitrogens with zero attached hydrogens (tertiary/aromatic N) is 4. The number of aryl methyl sites for hydroxylation is 1. The third-order valence-electron chi connectivity index (χ3n) is 4.63. The lowest BCUT2D eigenvalue weighted by atomic mass is 10.2. The molecule has 0 fully saturated rings. The Labute approximate surface area is 207 Å². The molecule has 1 heterocycles. The number of thiazole rings is 1. The molecular formula is C21H24Cl3N5O2S. The molecule has 0 spiro atoms. The zero-order valence-electron chi connectivity index (χ0n) is 17.5. The molecule has 0 unspecified atom stereocenters. The summed E-state index contributed by atoms with van der Waals surface area (Å²) in [7, 11) is 1.62. The van der Waals surface area contributed by atoms with Crippen molar-refractivity contribution < 1.29 is 14.4 Å². The Kier molecular flexibility index (Phi) is 10.4. The minimum absolute atomic E-state index is 0. The first kappa shape index (κ1) is 26.1. The van der Waals surface area contributed by atoms with Crippen LogP contribution in [0, 0.1) is 5.41 Å². The van der Waals surface area contributed by atoms with Crippen LogP contribution in [0.3, 0.4) is 0 Å². The lowest BCUT2D eigenvalue weighted by molar-refractivity contribution is -0.654. The maximum Gasteiger partial charge on any atom is 0.409 e. The van der Waals surface area contributed by atoms with Crippen LogP contribution in [0.1, 0.15) is 6.42 Å². The van der Waals surface area contributed by atoms with Crippen LogP contribution in [0.15, 0.2) is 52.7 Å². The van der Waals surface area contributed by atoms with Crippen LogP contribution in [-0.4, -0.2) is 37.9 Å². The first-order valence-corrected chi connectivity index (χ1v) is 11.6. The average molecular weight is 517 g/mol. The van der Waals surface area contributed by atoms with Crippen molar-refractivity contribution in [1.29, 1.82) is 5.41 Å². The number of ether oxygens (including phenoxy) is 1. The summed E-state index contributed by atoms with van der Waals surface area (Å²) in [6.45, 7) is 1.80. The molecule has 172 valence electrons. The van der Waals surface area contributed by atoms with E-state index in [0.29, 0.717) is 29.1 Å². The number of azo groups is 1. The quantitative estimate of drug-likeness (QED) is 0.127. The van der Waals surface area contributed by atoms with Crippen LogP contribution in [0.4, 0.5) is 16.5 Å². The van der Waals surface area contributed by atoms with E-state index in [1.807, 2.05) is 47.0 Å². The van der Waals surface area contributed by atoms with E-state index in [-0.39, 0.29) is 18.8 Å². The van der Waals surface area contributed by atoms with Gasteiger partial charge in [0.25, 0.3) is 0 Å². The molecule has 3 aromatic rings. The summed E-state index contributed by atoms with van der Waals surface area (Å²) >= 11 is 13.2. The number of halogens is 3. The fraction of sp³-hybridized carbons (Fsp3) is 0.333. The molecule has 1 N–H and O–H groups in total. The first-order chi connectivity index (χ1) is 15.0. The molecule has 3 rings (SSSR count). The van der Waals surface area contributed by atoms with Gasteiger partial charge in [-0.1, -0.05) is 0 Å². The Hall–Kier alpha value is -2.13. The van der Waals surface area contributed by atoms with Gasteiger partial charge < -0.3 is 20.2 Å². The van der Waals surface area contributed by atoms with Gasteiger partial charge in [0.15, 0.2) is 0 Å². The predicted octanol–water partition coefficient (Wildman–Crippen LogP) is 5.05. The van der Waals surface area contributed by atoms with Crippen molar-refractivity contribution in [3.05, 3.63) is 42.5 Å². The van der Waals surface area contributed by atoms with Gasteiger partial charge in [0, 0.05) is 43.0 Å². The maximum atomic E-state index is 11.2. The maximum absolute atomic E-state index is 11.2. The average Bonchev–Trinajstić information content (AvgIpc) is 3.13. The molecule has 11 heteroatoms. The number of alkyl halides is 2. The summed E-state index contributed by atoms with van der Waals surface area (Å²) in [5.41, 5.74) is 2.66. The third kappa shape index (κ3) is 6.68. The largest absolute Gasteiger partial charge is 0.862 e. The molecule has 32 heavy (non-hydrogen) atoms. The fourth-order valence-corrected chi connectivity index (χ4v) is 4.54. The molecule has 0 aliphatic rings. The summed E-state index contributed by atoms with van der Waals surface area (Å²) < 4.78 is 8.18. The van der Waals surface area contributed by atoms with E-state index in [4.69, 9.17) is 33.3 Å². The molecule has 0 aliphatic carbocycles. The van der Waals surface area contributed by atoms with E-state index in [2.05, 4.69) is 15.1 Å². The standard InChI is InChI=1S/C21H23Cl2N5O2S.ClH/c1-30-17-6-7-18-19(14-17)31-21(28(18)11-8-20(24)29)26-25-15-2-4-16(5-3-15)27(12-9-22)13-10-23;/h2-7,14H,8-13H2,1H3,(H-,24,29);1H. The SMILES string of the molecule is COc1ccc2c(c1)sc(N=Nc1ccc(N(CCCl)CCCl)cc1)[n+]2CCC(=N)[O-].Cl. The summed E-state index contributed by atoms with van der Waals surface area (Å²) in [5.74, 6) is 1.18. The van der Waals surface area contributed by atoms with Crippen molar-refractivity contribution in [2.75, 3.05) is 36.9 Å². The van der Waals surface area contributed by atoms with Crippen LogP contribution in [0.2, 0.25) is 0 Å². The highest BCUT2D eigenvalue weighted by molar-refractivity contribution is 7.21. The van der Waals surface area contributed by atoms with Gasteiger partial charge in [0.1, 0.15) is 17.0 Å². The number of fused-ring (bicyclic) bond motifs is 1. The van der Waals surface area contributed by atoms with Crippen molar-refractivity contribution in [2.24, 2.45) is 10.2 Å². The number of hydrogen-bond acceptors (Lipinski definition) is 7. The van der Waals surface area contributed by atoms with Gasteiger partial charge in [-0.15, -0.1) is 35.6 Å². The normalized spacial score (nSPS) is 11.0. The molecule has 0 atom stereocenters. The number of benzene rings is 2. The Bertz CT molecular complexity index is 1050. The highest BCUT2D eigenvalue weighted by atomic mass is 35.5. The Morgan fingerprint density at radius 1 is 1.12 bits per heavy atom. The van der Waals surface area contributed by atoms with Crippen molar-refractivity contribution in [3.63, 3.8) is 0 Å². The van der Waals surface area contributed by atoms with Crippen molar-refractivity contribution in [1.82, 2.24) is 0 Å². The Morgan fingerprint density at radius 3 is 2.41 bits per heavy atom. The minimum atomic E-state index is -0.614. The lowest BCUT2D eigenvalue weighted by Gasteiger charge is -2.22. The molecule has 0 radical (unpaired) electrons. The van der Waals surface area contributed by atoms with Gasteiger partial charge in [-0.25, -0.2) is 4.57 Å². The van der Waals surface area contributed by atoms with Crippen LogP contribution >= 0.6 is 46.9 Å². The fourth-order valence-electron chi connectivity index (χ4n) is 3.09. The number of aromatic nitrogens is 1. The summed E-state index contributed by atoms with van der Waals surface area (Å²) in [5, 5.41) is 27.9. The molecule has 2 aromatic carbocycles. The van der Waals surface area contributed by atoms with Crippen LogP contribution in [0.5, 0.6) is 5.75 Å². The Morgan fingerprint density at radius 2 is 1.81 bits per heavy atom. The molecule has 7 nitrogen and oxygen atoms in total. The van der Waals surface area contributed by atoms with Gasteiger partial charge in [-0.2, -0.15) is 0 Å². The topological polar surface area (TPSA) is 88.0 Å². The molecule has 1 aromatic heterocycles. The molecule has 0 saturated carbocycles. The van der Waals surface area contributed by atoms with Crippen molar-refractivity contribution >= 4 is 79.6 Å². The number of methoxy groups -OCH3 is 1. The van der Waals surface area contributed by atoms with Crippen LogP contribution in [-0.2, 0) is 6.54 Å².